The predicted molar refractivity (Wildman–Crippen MR) is 91.7 cm³/mol. The fourth-order valence-corrected chi connectivity index (χ4v) is 2.70. The number of benzene rings is 2. The fraction of sp³-hybridized carbons (Fsp3) is 0.105. The van der Waals surface area contributed by atoms with E-state index in [-0.39, 0.29) is 29.2 Å². The van der Waals surface area contributed by atoms with Crippen LogP contribution in [0.2, 0.25) is 0 Å². The molecule has 7 heteroatoms. The molecule has 0 saturated carbocycles. The van der Waals surface area contributed by atoms with Gasteiger partial charge < -0.3 is 9.84 Å². The van der Waals surface area contributed by atoms with Gasteiger partial charge in [-0.1, -0.05) is 6.07 Å². The second-order valence-corrected chi connectivity index (χ2v) is 5.48. The standard InChI is InChI=1S/C19H14FN3O3/c1-26-11-23-17(9-16(22-23)12-5-7-14(20)8-6-12)18-13(10-21)3-2-4-15(18)19(24)25/h2-9H,11H2,1H3,(H,24,25). The Morgan fingerprint density at radius 3 is 2.65 bits per heavy atom. The first-order valence-corrected chi connectivity index (χ1v) is 7.64. The molecule has 0 bridgehead atoms. The summed E-state index contributed by atoms with van der Waals surface area (Å²) in [5.41, 5.74) is 2.08. The van der Waals surface area contributed by atoms with E-state index in [0.717, 1.165) is 0 Å². The molecule has 0 fully saturated rings. The van der Waals surface area contributed by atoms with Gasteiger partial charge in [0.2, 0.25) is 0 Å². The number of methoxy groups -OCH3 is 1. The zero-order valence-electron chi connectivity index (χ0n) is 13.8. The van der Waals surface area contributed by atoms with Crippen LogP contribution < -0.4 is 0 Å². The van der Waals surface area contributed by atoms with E-state index in [0.29, 0.717) is 17.0 Å². The monoisotopic (exact) mass is 351 g/mol. The number of carboxylic acid groups (broad SMARTS) is 1. The molecule has 0 amide bonds. The Kier molecular flexibility index (Phi) is 4.78. The van der Waals surface area contributed by atoms with Gasteiger partial charge in [0.25, 0.3) is 0 Å². The highest BCUT2D eigenvalue weighted by Gasteiger charge is 2.21. The summed E-state index contributed by atoms with van der Waals surface area (Å²) in [5, 5.41) is 23.3. The van der Waals surface area contributed by atoms with E-state index in [1.165, 1.54) is 36.1 Å². The van der Waals surface area contributed by atoms with E-state index >= 15 is 0 Å². The zero-order valence-corrected chi connectivity index (χ0v) is 13.8. The number of carboxylic acids is 1. The van der Waals surface area contributed by atoms with Crippen LogP contribution in [0.4, 0.5) is 4.39 Å². The molecule has 130 valence electrons. The number of aromatic carboxylic acids is 1. The molecule has 0 atom stereocenters. The topological polar surface area (TPSA) is 88.1 Å². The molecule has 0 radical (unpaired) electrons. The first-order valence-electron chi connectivity index (χ1n) is 7.64. The molecular formula is C19H14FN3O3. The van der Waals surface area contributed by atoms with Gasteiger partial charge in [0.1, 0.15) is 12.5 Å². The number of halogens is 1. The molecule has 1 N–H and O–H groups in total. The van der Waals surface area contributed by atoms with Gasteiger partial charge in [0, 0.05) is 18.2 Å². The van der Waals surface area contributed by atoms with Gasteiger partial charge in [-0.05, 0) is 42.5 Å². The lowest BCUT2D eigenvalue weighted by molar-refractivity contribution is 0.0697. The highest BCUT2D eigenvalue weighted by atomic mass is 19.1. The van der Waals surface area contributed by atoms with Gasteiger partial charge in [-0.25, -0.2) is 13.9 Å². The third kappa shape index (κ3) is 3.18. The summed E-state index contributed by atoms with van der Waals surface area (Å²) in [6.45, 7) is 0.0648. The maximum atomic E-state index is 13.2. The van der Waals surface area contributed by atoms with Crippen molar-refractivity contribution < 1.29 is 19.0 Å². The number of rotatable bonds is 5. The van der Waals surface area contributed by atoms with E-state index in [2.05, 4.69) is 5.10 Å². The number of nitriles is 1. The molecule has 26 heavy (non-hydrogen) atoms. The van der Waals surface area contributed by atoms with Crippen LogP contribution >= 0.6 is 0 Å². The molecule has 0 unspecified atom stereocenters. The maximum absolute atomic E-state index is 13.2. The van der Waals surface area contributed by atoms with Crippen LogP contribution in [0.1, 0.15) is 15.9 Å². The van der Waals surface area contributed by atoms with Crippen molar-refractivity contribution in [2.24, 2.45) is 0 Å². The van der Waals surface area contributed by atoms with Gasteiger partial charge in [0.05, 0.1) is 28.6 Å². The highest BCUT2D eigenvalue weighted by molar-refractivity contribution is 5.97. The SMILES string of the molecule is COCn1nc(-c2ccc(F)cc2)cc1-c1c(C#N)cccc1C(=O)O. The normalized spacial score (nSPS) is 10.5. The van der Waals surface area contributed by atoms with Crippen molar-refractivity contribution in [3.8, 4) is 28.6 Å². The Balaban J connectivity index is 2.24. The molecule has 0 aliphatic heterocycles. The minimum absolute atomic E-state index is 0.00745. The Morgan fingerprint density at radius 2 is 2.04 bits per heavy atom. The summed E-state index contributed by atoms with van der Waals surface area (Å²) in [6, 6.07) is 14.0. The Morgan fingerprint density at radius 1 is 1.31 bits per heavy atom. The quantitative estimate of drug-likeness (QED) is 0.760. The first kappa shape index (κ1) is 17.3. The smallest absolute Gasteiger partial charge is 0.336 e. The highest BCUT2D eigenvalue weighted by Crippen LogP contribution is 2.31. The molecule has 3 rings (SSSR count). The Labute approximate surface area is 148 Å². The summed E-state index contributed by atoms with van der Waals surface area (Å²) in [4.78, 5) is 11.6. The summed E-state index contributed by atoms with van der Waals surface area (Å²) in [6.07, 6.45) is 0. The number of nitrogens with zero attached hydrogens (tertiary/aromatic N) is 3. The largest absolute Gasteiger partial charge is 0.478 e. The van der Waals surface area contributed by atoms with Crippen LogP contribution in [-0.4, -0.2) is 28.0 Å². The van der Waals surface area contributed by atoms with Crippen molar-refractivity contribution in [2.45, 2.75) is 6.73 Å². The van der Waals surface area contributed by atoms with Gasteiger partial charge in [-0.3, -0.25) is 0 Å². The Hall–Kier alpha value is -3.50. The molecule has 2 aromatic carbocycles. The van der Waals surface area contributed by atoms with E-state index in [1.54, 1.807) is 24.3 Å². The van der Waals surface area contributed by atoms with Gasteiger partial charge >= 0.3 is 5.97 Å². The van der Waals surface area contributed by atoms with Crippen LogP contribution in [-0.2, 0) is 11.5 Å². The maximum Gasteiger partial charge on any atom is 0.336 e. The summed E-state index contributed by atoms with van der Waals surface area (Å²) < 4.78 is 19.8. The predicted octanol–water partition coefficient (Wildman–Crippen LogP) is 3.53. The Bertz CT molecular complexity index is 1000. The average Bonchev–Trinajstić information content (AvgIpc) is 3.05. The summed E-state index contributed by atoms with van der Waals surface area (Å²) in [5.74, 6) is -1.51. The number of ether oxygens (including phenoxy) is 1. The number of carbonyl (C=O) groups is 1. The van der Waals surface area contributed by atoms with Gasteiger partial charge in [0.15, 0.2) is 0 Å². The lowest BCUT2D eigenvalue weighted by Gasteiger charge is -2.10. The average molecular weight is 351 g/mol. The van der Waals surface area contributed by atoms with E-state index in [4.69, 9.17) is 4.74 Å². The number of hydrogen-bond donors (Lipinski definition) is 1. The van der Waals surface area contributed by atoms with Crippen LogP contribution in [0.15, 0.2) is 48.5 Å². The van der Waals surface area contributed by atoms with Crippen molar-refractivity contribution in [3.63, 3.8) is 0 Å². The second-order valence-electron chi connectivity index (χ2n) is 5.48. The number of aromatic nitrogens is 2. The van der Waals surface area contributed by atoms with E-state index in [9.17, 15) is 19.6 Å². The van der Waals surface area contributed by atoms with Crippen LogP contribution in [0.5, 0.6) is 0 Å². The second kappa shape index (κ2) is 7.17. The third-order valence-corrected chi connectivity index (χ3v) is 3.84. The summed E-state index contributed by atoms with van der Waals surface area (Å²) in [7, 11) is 1.48. The lowest BCUT2D eigenvalue weighted by Crippen LogP contribution is -2.08. The fourth-order valence-electron chi connectivity index (χ4n) is 2.70. The van der Waals surface area contributed by atoms with Gasteiger partial charge in [-0.2, -0.15) is 10.4 Å². The molecule has 0 aliphatic rings. The van der Waals surface area contributed by atoms with Crippen molar-refractivity contribution in [1.29, 1.82) is 5.26 Å². The zero-order chi connectivity index (χ0) is 18.7. The molecule has 0 aliphatic carbocycles. The van der Waals surface area contributed by atoms with Gasteiger partial charge in [-0.15, -0.1) is 0 Å². The number of hydrogen-bond acceptors (Lipinski definition) is 4. The molecule has 0 saturated heterocycles. The van der Waals surface area contributed by atoms with Crippen LogP contribution in [0.25, 0.3) is 22.5 Å². The van der Waals surface area contributed by atoms with E-state index in [1.807, 2.05) is 6.07 Å². The van der Waals surface area contributed by atoms with Crippen molar-refractivity contribution >= 4 is 5.97 Å². The summed E-state index contributed by atoms with van der Waals surface area (Å²) >= 11 is 0. The first-order chi connectivity index (χ1) is 12.5. The third-order valence-electron chi connectivity index (χ3n) is 3.84. The van der Waals surface area contributed by atoms with Crippen LogP contribution in [0, 0.1) is 17.1 Å². The van der Waals surface area contributed by atoms with Crippen molar-refractivity contribution in [1.82, 2.24) is 9.78 Å². The molecular weight excluding hydrogens is 337 g/mol. The molecule has 0 spiro atoms. The minimum Gasteiger partial charge on any atom is -0.478 e. The lowest BCUT2D eigenvalue weighted by atomic mass is 9.98. The van der Waals surface area contributed by atoms with Crippen LogP contribution in [0.3, 0.4) is 0 Å². The molecule has 1 aromatic heterocycles. The molecule has 6 nitrogen and oxygen atoms in total. The molecule has 1 heterocycles. The van der Waals surface area contributed by atoms with E-state index < -0.39 is 5.97 Å². The minimum atomic E-state index is -1.15. The molecule has 3 aromatic rings. The van der Waals surface area contributed by atoms with Crippen molar-refractivity contribution in [2.75, 3.05) is 7.11 Å². The van der Waals surface area contributed by atoms with Crippen molar-refractivity contribution in [3.05, 3.63) is 65.5 Å².